The van der Waals surface area contributed by atoms with Crippen LogP contribution in [0.3, 0.4) is 0 Å². The number of benzene rings is 2. The fraction of sp³-hybridized carbons (Fsp3) is 0.250. The van der Waals surface area contributed by atoms with Crippen LogP contribution in [0.5, 0.6) is 11.5 Å². The molecule has 0 saturated heterocycles. The van der Waals surface area contributed by atoms with Gasteiger partial charge in [-0.1, -0.05) is 34.1 Å². The van der Waals surface area contributed by atoms with Gasteiger partial charge >= 0.3 is 0 Å². The molecule has 0 spiro atoms. The minimum Gasteiger partial charge on any atom is -0.493 e. The van der Waals surface area contributed by atoms with Crippen molar-refractivity contribution in [3.05, 3.63) is 52.0 Å². The third-order valence-corrected chi connectivity index (χ3v) is 3.65. The van der Waals surface area contributed by atoms with Crippen molar-refractivity contribution in [2.24, 2.45) is 0 Å². The standard InChI is InChI=1S/C16H18BrNO2/c1-11-7-8-13(17)9-14(11)18-10-12-5-4-6-15(19-2)16(12)20-3/h4-9,18H,10H2,1-3H3. The number of nitrogens with one attached hydrogen (secondary N) is 1. The lowest BCUT2D eigenvalue weighted by Gasteiger charge is -2.15. The second-order valence-electron chi connectivity index (χ2n) is 4.47. The van der Waals surface area contributed by atoms with Crippen LogP contribution in [0.15, 0.2) is 40.9 Å². The summed E-state index contributed by atoms with van der Waals surface area (Å²) in [4.78, 5) is 0. The van der Waals surface area contributed by atoms with Gasteiger partial charge in [-0.25, -0.2) is 0 Å². The zero-order valence-electron chi connectivity index (χ0n) is 11.9. The lowest BCUT2D eigenvalue weighted by molar-refractivity contribution is 0.352. The Balaban J connectivity index is 2.20. The van der Waals surface area contributed by atoms with Crippen LogP contribution >= 0.6 is 15.9 Å². The first-order valence-electron chi connectivity index (χ1n) is 6.35. The molecule has 1 N–H and O–H groups in total. The quantitative estimate of drug-likeness (QED) is 0.879. The highest BCUT2D eigenvalue weighted by molar-refractivity contribution is 9.10. The first-order valence-corrected chi connectivity index (χ1v) is 7.15. The molecular weight excluding hydrogens is 318 g/mol. The summed E-state index contributed by atoms with van der Waals surface area (Å²) in [5.41, 5.74) is 3.37. The number of anilines is 1. The first kappa shape index (κ1) is 14.7. The summed E-state index contributed by atoms with van der Waals surface area (Å²) in [6, 6.07) is 12.1. The molecule has 0 radical (unpaired) electrons. The van der Waals surface area contributed by atoms with Crippen molar-refractivity contribution in [1.29, 1.82) is 0 Å². The molecule has 0 heterocycles. The summed E-state index contributed by atoms with van der Waals surface area (Å²) in [6.07, 6.45) is 0. The number of hydrogen-bond donors (Lipinski definition) is 1. The number of para-hydroxylation sites is 1. The van der Waals surface area contributed by atoms with Crippen LogP contribution in [0.2, 0.25) is 0 Å². The first-order chi connectivity index (χ1) is 9.65. The van der Waals surface area contributed by atoms with E-state index in [1.165, 1.54) is 5.56 Å². The van der Waals surface area contributed by atoms with Crippen LogP contribution in [0.1, 0.15) is 11.1 Å². The van der Waals surface area contributed by atoms with Gasteiger partial charge < -0.3 is 14.8 Å². The summed E-state index contributed by atoms with van der Waals surface area (Å²) in [5, 5.41) is 3.43. The van der Waals surface area contributed by atoms with Crippen LogP contribution in [0.4, 0.5) is 5.69 Å². The van der Waals surface area contributed by atoms with Crippen LogP contribution in [-0.4, -0.2) is 14.2 Å². The van der Waals surface area contributed by atoms with Crippen molar-refractivity contribution >= 4 is 21.6 Å². The summed E-state index contributed by atoms with van der Waals surface area (Å²) >= 11 is 3.49. The van der Waals surface area contributed by atoms with E-state index in [0.29, 0.717) is 6.54 Å². The maximum atomic E-state index is 5.44. The van der Waals surface area contributed by atoms with E-state index in [9.17, 15) is 0 Å². The monoisotopic (exact) mass is 335 g/mol. The molecule has 2 rings (SSSR count). The molecule has 0 saturated carbocycles. The highest BCUT2D eigenvalue weighted by Gasteiger charge is 2.09. The summed E-state index contributed by atoms with van der Waals surface area (Å²) in [7, 11) is 3.30. The molecule has 3 nitrogen and oxygen atoms in total. The van der Waals surface area contributed by atoms with Gasteiger partial charge in [-0.3, -0.25) is 0 Å². The Labute approximate surface area is 128 Å². The minimum absolute atomic E-state index is 0.678. The van der Waals surface area contributed by atoms with E-state index in [4.69, 9.17) is 9.47 Å². The highest BCUT2D eigenvalue weighted by Crippen LogP contribution is 2.31. The van der Waals surface area contributed by atoms with Gasteiger partial charge in [-0.05, 0) is 30.7 Å². The van der Waals surface area contributed by atoms with Crippen LogP contribution < -0.4 is 14.8 Å². The molecule has 0 aliphatic heterocycles. The lowest BCUT2D eigenvalue weighted by atomic mass is 10.1. The Hall–Kier alpha value is -1.68. The molecular formula is C16H18BrNO2. The van der Waals surface area contributed by atoms with Gasteiger partial charge in [0.15, 0.2) is 11.5 Å². The van der Waals surface area contributed by atoms with Crippen molar-refractivity contribution in [1.82, 2.24) is 0 Å². The predicted octanol–water partition coefficient (Wildman–Crippen LogP) is 4.39. The van der Waals surface area contributed by atoms with Gasteiger partial charge in [0.05, 0.1) is 14.2 Å². The van der Waals surface area contributed by atoms with Gasteiger partial charge in [-0.2, -0.15) is 0 Å². The van der Waals surface area contributed by atoms with Crippen molar-refractivity contribution in [3.8, 4) is 11.5 Å². The lowest BCUT2D eigenvalue weighted by Crippen LogP contribution is -2.04. The van der Waals surface area contributed by atoms with Crippen molar-refractivity contribution in [2.45, 2.75) is 13.5 Å². The molecule has 20 heavy (non-hydrogen) atoms. The number of ether oxygens (including phenoxy) is 2. The summed E-state index contributed by atoms with van der Waals surface area (Å²) in [6.45, 7) is 2.76. The Morgan fingerprint density at radius 2 is 1.90 bits per heavy atom. The van der Waals surface area contributed by atoms with E-state index in [1.807, 2.05) is 24.3 Å². The topological polar surface area (TPSA) is 30.5 Å². The van der Waals surface area contributed by atoms with E-state index in [2.05, 4.69) is 40.3 Å². The number of halogens is 1. The summed E-state index contributed by atoms with van der Waals surface area (Å²) in [5.74, 6) is 1.52. The summed E-state index contributed by atoms with van der Waals surface area (Å²) < 4.78 is 11.8. The molecule has 4 heteroatoms. The maximum absolute atomic E-state index is 5.44. The third-order valence-electron chi connectivity index (χ3n) is 3.15. The Bertz CT molecular complexity index is 599. The fourth-order valence-corrected chi connectivity index (χ4v) is 2.43. The maximum Gasteiger partial charge on any atom is 0.165 e. The predicted molar refractivity (Wildman–Crippen MR) is 85.8 cm³/mol. The van der Waals surface area contributed by atoms with E-state index in [-0.39, 0.29) is 0 Å². The van der Waals surface area contributed by atoms with E-state index < -0.39 is 0 Å². The van der Waals surface area contributed by atoms with Crippen LogP contribution in [-0.2, 0) is 6.54 Å². The smallest absolute Gasteiger partial charge is 0.165 e. The van der Waals surface area contributed by atoms with Crippen molar-refractivity contribution < 1.29 is 9.47 Å². The minimum atomic E-state index is 0.678. The third kappa shape index (κ3) is 3.25. The Kier molecular flexibility index (Phi) is 4.90. The van der Waals surface area contributed by atoms with E-state index in [1.54, 1.807) is 14.2 Å². The molecule has 0 aliphatic rings. The van der Waals surface area contributed by atoms with Gasteiger partial charge in [0.25, 0.3) is 0 Å². The molecule has 2 aromatic rings. The van der Waals surface area contributed by atoms with Gasteiger partial charge in [0.2, 0.25) is 0 Å². The van der Waals surface area contributed by atoms with Gasteiger partial charge in [0, 0.05) is 22.3 Å². The van der Waals surface area contributed by atoms with Crippen molar-refractivity contribution in [2.75, 3.05) is 19.5 Å². The zero-order valence-corrected chi connectivity index (χ0v) is 13.5. The largest absolute Gasteiger partial charge is 0.493 e. The van der Waals surface area contributed by atoms with Gasteiger partial charge in [0.1, 0.15) is 0 Å². The molecule has 0 aromatic heterocycles. The molecule has 0 aliphatic carbocycles. The normalized spacial score (nSPS) is 10.2. The van der Waals surface area contributed by atoms with Gasteiger partial charge in [-0.15, -0.1) is 0 Å². The number of hydrogen-bond acceptors (Lipinski definition) is 3. The van der Waals surface area contributed by atoms with Crippen LogP contribution in [0, 0.1) is 6.92 Å². The molecule has 0 amide bonds. The molecule has 106 valence electrons. The molecule has 0 fully saturated rings. The number of rotatable bonds is 5. The second kappa shape index (κ2) is 6.66. The van der Waals surface area contributed by atoms with E-state index >= 15 is 0 Å². The second-order valence-corrected chi connectivity index (χ2v) is 5.38. The van der Waals surface area contributed by atoms with E-state index in [0.717, 1.165) is 27.2 Å². The highest BCUT2D eigenvalue weighted by atomic mass is 79.9. The zero-order chi connectivity index (χ0) is 14.5. The average molecular weight is 336 g/mol. The SMILES string of the molecule is COc1cccc(CNc2cc(Br)ccc2C)c1OC. The molecule has 2 aromatic carbocycles. The Morgan fingerprint density at radius 1 is 1.10 bits per heavy atom. The van der Waals surface area contributed by atoms with Crippen molar-refractivity contribution in [3.63, 3.8) is 0 Å². The number of methoxy groups -OCH3 is 2. The Morgan fingerprint density at radius 3 is 2.60 bits per heavy atom. The molecule has 0 atom stereocenters. The van der Waals surface area contributed by atoms with Crippen LogP contribution in [0.25, 0.3) is 0 Å². The number of aryl methyl sites for hydroxylation is 1. The molecule has 0 unspecified atom stereocenters. The average Bonchev–Trinajstić information content (AvgIpc) is 2.47. The fourth-order valence-electron chi connectivity index (χ4n) is 2.07. The molecule has 0 bridgehead atoms.